The average Bonchev–Trinajstić information content (AvgIpc) is 2.86. The van der Waals surface area contributed by atoms with Crippen molar-refractivity contribution < 1.29 is 18.7 Å². The third-order valence-corrected chi connectivity index (χ3v) is 4.99. The van der Waals surface area contributed by atoms with E-state index in [1.165, 1.54) is 0 Å². The highest BCUT2D eigenvalue weighted by Crippen LogP contribution is 2.25. The van der Waals surface area contributed by atoms with E-state index >= 15 is 0 Å². The van der Waals surface area contributed by atoms with Gasteiger partial charge in [-0.25, -0.2) is 0 Å². The first-order chi connectivity index (χ1) is 16.3. The van der Waals surface area contributed by atoms with E-state index in [1.807, 2.05) is 97.1 Å². The summed E-state index contributed by atoms with van der Waals surface area (Å²) in [6.45, 7) is 2.91. The van der Waals surface area contributed by atoms with Crippen molar-refractivity contribution in [1.29, 1.82) is 0 Å². The second-order valence-corrected chi connectivity index (χ2v) is 7.52. The number of hydrogen-bond donors (Lipinski definition) is 0. The van der Waals surface area contributed by atoms with Gasteiger partial charge in [0.05, 0.1) is 6.61 Å². The third kappa shape index (κ3) is 6.81. The van der Waals surface area contributed by atoms with Gasteiger partial charge in [-0.05, 0) is 66.1 Å². The number of para-hydroxylation sites is 2. The molecule has 0 amide bonds. The summed E-state index contributed by atoms with van der Waals surface area (Å²) in [6.07, 6.45) is 2.19. The Kier molecular flexibility index (Phi) is 7.91. The van der Waals surface area contributed by atoms with Crippen LogP contribution < -0.4 is 18.7 Å². The molecule has 0 spiro atoms. The number of benzene rings is 4. The first-order valence-corrected chi connectivity index (χ1v) is 11.2. The SMILES string of the molecule is CCCCOc1ccc(-c2ccc(OB(Oc3ccccc3)Oc3ccccc3)cc2)cc1. The molecule has 4 aromatic rings. The van der Waals surface area contributed by atoms with Crippen molar-refractivity contribution in [2.45, 2.75) is 19.8 Å². The number of unbranched alkanes of at least 4 members (excludes halogenated alkanes) is 1. The molecule has 0 aliphatic rings. The Labute approximate surface area is 195 Å². The zero-order valence-corrected chi connectivity index (χ0v) is 18.7. The summed E-state index contributed by atoms with van der Waals surface area (Å²) in [5.41, 5.74) is 2.20. The van der Waals surface area contributed by atoms with Gasteiger partial charge in [-0.3, -0.25) is 0 Å². The third-order valence-electron chi connectivity index (χ3n) is 4.99. The normalized spacial score (nSPS) is 10.3. The molecule has 0 aromatic heterocycles. The van der Waals surface area contributed by atoms with Crippen LogP contribution in [0.3, 0.4) is 0 Å². The maximum Gasteiger partial charge on any atom is 0.864 e. The number of hydrogen-bond acceptors (Lipinski definition) is 4. The van der Waals surface area contributed by atoms with E-state index in [0.717, 1.165) is 36.3 Å². The van der Waals surface area contributed by atoms with Crippen molar-refractivity contribution in [3.05, 3.63) is 109 Å². The lowest BCUT2D eigenvalue weighted by molar-refractivity contribution is 0.307. The topological polar surface area (TPSA) is 36.9 Å². The Bertz CT molecular complexity index is 1040. The van der Waals surface area contributed by atoms with Gasteiger partial charge >= 0.3 is 7.32 Å². The van der Waals surface area contributed by atoms with Crippen LogP contribution in [0.4, 0.5) is 0 Å². The Hall–Kier alpha value is -3.86. The first-order valence-electron chi connectivity index (χ1n) is 11.2. The van der Waals surface area contributed by atoms with Gasteiger partial charge in [0.2, 0.25) is 0 Å². The molecule has 166 valence electrons. The fraction of sp³-hybridized carbons (Fsp3) is 0.143. The minimum Gasteiger partial charge on any atom is -0.494 e. The van der Waals surface area contributed by atoms with Crippen LogP contribution >= 0.6 is 0 Å². The van der Waals surface area contributed by atoms with Crippen LogP contribution in [0.1, 0.15) is 19.8 Å². The monoisotopic (exact) mass is 438 g/mol. The summed E-state index contributed by atoms with van der Waals surface area (Å²) >= 11 is 0. The van der Waals surface area contributed by atoms with Crippen molar-refractivity contribution in [3.8, 4) is 34.1 Å². The van der Waals surface area contributed by atoms with Crippen LogP contribution in [0.2, 0.25) is 0 Å². The second-order valence-electron chi connectivity index (χ2n) is 7.52. The molecule has 4 nitrogen and oxygen atoms in total. The van der Waals surface area contributed by atoms with Gasteiger partial charge in [-0.15, -0.1) is 0 Å². The van der Waals surface area contributed by atoms with E-state index in [9.17, 15) is 0 Å². The molecule has 4 aromatic carbocycles. The summed E-state index contributed by atoms with van der Waals surface area (Å²) in [6, 6.07) is 35.0. The van der Waals surface area contributed by atoms with E-state index in [2.05, 4.69) is 19.1 Å². The fourth-order valence-electron chi connectivity index (χ4n) is 3.21. The second kappa shape index (κ2) is 11.7. The molecular formula is C28H27BO4. The Morgan fingerprint density at radius 3 is 1.39 bits per heavy atom. The zero-order chi connectivity index (χ0) is 22.7. The quantitative estimate of drug-likeness (QED) is 0.186. The van der Waals surface area contributed by atoms with Gasteiger partial charge < -0.3 is 18.7 Å². The Morgan fingerprint density at radius 1 is 0.515 bits per heavy atom. The summed E-state index contributed by atoms with van der Waals surface area (Å²) in [4.78, 5) is 0. The standard InChI is InChI=1S/C28H27BO4/c1-2-3-22-30-25-18-14-23(15-19-25)24-16-20-28(21-17-24)33-29(31-26-10-6-4-7-11-26)32-27-12-8-5-9-13-27/h4-21H,2-3,22H2,1H3. The molecule has 5 heteroatoms. The van der Waals surface area contributed by atoms with Crippen LogP contribution in [-0.2, 0) is 0 Å². The lowest BCUT2D eigenvalue weighted by Gasteiger charge is -2.16. The van der Waals surface area contributed by atoms with E-state index in [-0.39, 0.29) is 0 Å². The predicted molar refractivity (Wildman–Crippen MR) is 133 cm³/mol. The molecule has 0 bridgehead atoms. The molecule has 0 fully saturated rings. The molecular weight excluding hydrogens is 411 g/mol. The van der Waals surface area contributed by atoms with Gasteiger partial charge in [0.25, 0.3) is 0 Å². The Balaban J connectivity index is 1.43. The fourth-order valence-corrected chi connectivity index (χ4v) is 3.21. The van der Waals surface area contributed by atoms with Crippen LogP contribution in [-0.4, -0.2) is 13.9 Å². The zero-order valence-electron chi connectivity index (χ0n) is 18.7. The molecule has 0 saturated heterocycles. The van der Waals surface area contributed by atoms with Crippen molar-refractivity contribution >= 4 is 7.32 Å². The van der Waals surface area contributed by atoms with E-state index < -0.39 is 7.32 Å². The highest BCUT2D eigenvalue weighted by atomic mass is 16.7. The molecule has 0 aliphatic carbocycles. The summed E-state index contributed by atoms with van der Waals surface area (Å²) in [5, 5.41) is 0. The first kappa shape index (κ1) is 22.3. The minimum atomic E-state index is -0.930. The largest absolute Gasteiger partial charge is 0.864 e. The summed E-state index contributed by atoms with van der Waals surface area (Å²) in [5.74, 6) is 2.87. The van der Waals surface area contributed by atoms with Crippen LogP contribution in [0, 0.1) is 0 Å². The van der Waals surface area contributed by atoms with E-state index in [4.69, 9.17) is 18.7 Å². The van der Waals surface area contributed by atoms with Crippen molar-refractivity contribution in [3.63, 3.8) is 0 Å². The maximum absolute atomic E-state index is 6.02. The summed E-state index contributed by atoms with van der Waals surface area (Å²) in [7, 11) is -0.930. The highest BCUT2D eigenvalue weighted by Gasteiger charge is 2.30. The van der Waals surface area contributed by atoms with Crippen LogP contribution in [0.15, 0.2) is 109 Å². The smallest absolute Gasteiger partial charge is 0.494 e. The highest BCUT2D eigenvalue weighted by molar-refractivity contribution is 6.39. The van der Waals surface area contributed by atoms with Gasteiger partial charge in [0, 0.05) is 0 Å². The molecule has 0 aliphatic heterocycles. The Morgan fingerprint density at radius 2 is 0.939 bits per heavy atom. The van der Waals surface area contributed by atoms with Gasteiger partial charge in [-0.2, -0.15) is 0 Å². The van der Waals surface area contributed by atoms with Crippen LogP contribution in [0.25, 0.3) is 11.1 Å². The number of ether oxygens (including phenoxy) is 1. The van der Waals surface area contributed by atoms with Crippen molar-refractivity contribution in [2.24, 2.45) is 0 Å². The van der Waals surface area contributed by atoms with Gasteiger partial charge in [-0.1, -0.05) is 74.0 Å². The van der Waals surface area contributed by atoms with Crippen molar-refractivity contribution in [1.82, 2.24) is 0 Å². The van der Waals surface area contributed by atoms with E-state index in [0.29, 0.717) is 17.2 Å². The lowest BCUT2D eigenvalue weighted by atomic mass is 10.1. The van der Waals surface area contributed by atoms with Gasteiger partial charge in [0.1, 0.15) is 23.0 Å². The molecule has 0 heterocycles. The maximum atomic E-state index is 6.02. The molecule has 0 radical (unpaired) electrons. The molecule has 0 N–H and O–H groups in total. The summed E-state index contributed by atoms with van der Waals surface area (Å²) < 4.78 is 23.6. The molecule has 0 unspecified atom stereocenters. The molecule has 4 rings (SSSR count). The lowest BCUT2D eigenvalue weighted by Crippen LogP contribution is -2.36. The predicted octanol–water partition coefficient (Wildman–Crippen LogP) is 7.05. The van der Waals surface area contributed by atoms with Crippen LogP contribution in [0.5, 0.6) is 23.0 Å². The van der Waals surface area contributed by atoms with Gasteiger partial charge in [0.15, 0.2) is 0 Å². The molecule has 33 heavy (non-hydrogen) atoms. The minimum absolute atomic E-state index is 0.648. The van der Waals surface area contributed by atoms with Crippen molar-refractivity contribution in [2.75, 3.05) is 6.61 Å². The molecule has 0 atom stereocenters. The number of rotatable bonds is 11. The molecule has 0 saturated carbocycles. The van der Waals surface area contributed by atoms with E-state index in [1.54, 1.807) is 0 Å². The average molecular weight is 438 g/mol.